The molecule has 1 atom stereocenters. The van der Waals surface area contributed by atoms with Crippen LogP contribution in [0.1, 0.15) is 17.5 Å². The van der Waals surface area contributed by atoms with E-state index in [0.29, 0.717) is 6.42 Å². The van der Waals surface area contributed by atoms with Gasteiger partial charge in [0, 0.05) is 0 Å². The number of hydrogen-bond acceptors (Lipinski definition) is 1. The molecule has 1 N–H and O–H groups in total. The average molecular weight is 276 g/mol. The number of aliphatic hydroxyl groups excluding tert-OH is 1. The highest BCUT2D eigenvalue weighted by atomic mass is 16.3. The van der Waals surface area contributed by atoms with Gasteiger partial charge < -0.3 is 5.11 Å². The van der Waals surface area contributed by atoms with Crippen molar-refractivity contribution in [1.82, 2.24) is 0 Å². The second-order valence-electron chi connectivity index (χ2n) is 5.52. The molecule has 0 bridgehead atoms. The second-order valence-corrected chi connectivity index (χ2v) is 5.52. The number of fused-ring (bicyclic) bond motifs is 1. The van der Waals surface area contributed by atoms with Gasteiger partial charge in [0.1, 0.15) is 0 Å². The minimum absolute atomic E-state index is 0.295. The molecule has 0 saturated heterocycles. The number of hydrogen-bond donors (Lipinski definition) is 1. The van der Waals surface area contributed by atoms with Crippen LogP contribution in [-0.2, 0) is 12.8 Å². The second kappa shape index (κ2) is 6.55. The molecule has 0 saturated carbocycles. The smallest absolute Gasteiger partial charge is 0.0584 e. The van der Waals surface area contributed by atoms with Crippen molar-refractivity contribution >= 4 is 10.8 Å². The van der Waals surface area contributed by atoms with Gasteiger partial charge in [-0.15, -0.1) is 0 Å². The normalized spacial score (nSPS) is 12.4. The fourth-order valence-electron chi connectivity index (χ4n) is 2.80. The highest BCUT2D eigenvalue weighted by molar-refractivity contribution is 5.85. The number of benzene rings is 3. The highest BCUT2D eigenvalue weighted by Crippen LogP contribution is 2.20. The lowest BCUT2D eigenvalue weighted by molar-refractivity contribution is 0.165. The molecule has 0 aliphatic heterocycles. The molecule has 1 heteroatoms. The van der Waals surface area contributed by atoms with E-state index in [9.17, 15) is 5.11 Å². The summed E-state index contributed by atoms with van der Waals surface area (Å²) in [4.78, 5) is 0. The lowest BCUT2D eigenvalue weighted by Crippen LogP contribution is -2.11. The summed E-state index contributed by atoms with van der Waals surface area (Å²) in [5.74, 6) is 0. The van der Waals surface area contributed by atoms with Crippen LogP contribution in [0.3, 0.4) is 0 Å². The Labute approximate surface area is 125 Å². The van der Waals surface area contributed by atoms with Crippen LogP contribution >= 0.6 is 0 Å². The maximum Gasteiger partial charge on any atom is 0.0584 e. The first-order valence-electron chi connectivity index (χ1n) is 7.51. The Morgan fingerprint density at radius 3 is 2.33 bits per heavy atom. The Hall–Kier alpha value is -2.12. The van der Waals surface area contributed by atoms with Gasteiger partial charge in [-0.1, -0.05) is 72.8 Å². The minimum atomic E-state index is -0.295. The fraction of sp³-hybridized carbons (Fsp3) is 0.200. The average Bonchev–Trinajstić information content (AvgIpc) is 2.54. The van der Waals surface area contributed by atoms with Crippen molar-refractivity contribution in [3.8, 4) is 0 Å². The molecule has 0 radical (unpaired) electrons. The molecule has 1 unspecified atom stereocenters. The Balaban J connectivity index is 1.67. The van der Waals surface area contributed by atoms with Gasteiger partial charge in [-0.3, -0.25) is 0 Å². The summed E-state index contributed by atoms with van der Waals surface area (Å²) in [5, 5.41) is 12.8. The van der Waals surface area contributed by atoms with Crippen LogP contribution in [0.5, 0.6) is 0 Å². The van der Waals surface area contributed by atoms with E-state index in [4.69, 9.17) is 0 Å². The molecule has 0 aromatic heterocycles. The largest absolute Gasteiger partial charge is 0.393 e. The van der Waals surface area contributed by atoms with E-state index in [1.807, 2.05) is 18.2 Å². The van der Waals surface area contributed by atoms with E-state index in [2.05, 4.69) is 54.6 Å². The predicted octanol–water partition coefficient (Wildman–Crippen LogP) is 4.38. The van der Waals surface area contributed by atoms with Crippen LogP contribution in [0.25, 0.3) is 10.8 Å². The third kappa shape index (κ3) is 3.50. The monoisotopic (exact) mass is 276 g/mol. The summed E-state index contributed by atoms with van der Waals surface area (Å²) >= 11 is 0. The van der Waals surface area contributed by atoms with Gasteiger partial charge in [0.2, 0.25) is 0 Å². The zero-order chi connectivity index (χ0) is 14.5. The molecule has 106 valence electrons. The molecule has 0 fully saturated rings. The van der Waals surface area contributed by atoms with Crippen molar-refractivity contribution in [2.45, 2.75) is 25.4 Å². The van der Waals surface area contributed by atoms with Crippen LogP contribution in [0.2, 0.25) is 0 Å². The van der Waals surface area contributed by atoms with Crippen molar-refractivity contribution in [2.75, 3.05) is 0 Å². The molecule has 1 nitrogen and oxygen atoms in total. The maximum atomic E-state index is 10.3. The van der Waals surface area contributed by atoms with E-state index in [1.165, 1.54) is 21.9 Å². The summed E-state index contributed by atoms with van der Waals surface area (Å²) in [6.45, 7) is 0. The van der Waals surface area contributed by atoms with Crippen LogP contribution < -0.4 is 0 Å². The van der Waals surface area contributed by atoms with Crippen LogP contribution in [-0.4, -0.2) is 11.2 Å². The third-order valence-corrected chi connectivity index (χ3v) is 3.94. The Morgan fingerprint density at radius 1 is 0.762 bits per heavy atom. The lowest BCUT2D eigenvalue weighted by atomic mass is 9.97. The van der Waals surface area contributed by atoms with Crippen molar-refractivity contribution in [3.63, 3.8) is 0 Å². The fourth-order valence-corrected chi connectivity index (χ4v) is 2.80. The van der Waals surface area contributed by atoms with Crippen LogP contribution in [0.15, 0.2) is 72.8 Å². The molecule has 0 amide bonds. The van der Waals surface area contributed by atoms with E-state index in [-0.39, 0.29) is 6.10 Å². The SMILES string of the molecule is OC(CCc1ccccc1)Cc1cccc2ccccc12. The summed E-state index contributed by atoms with van der Waals surface area (Å²) < 4.78 is 0. The van der Waals surface area contributed by atoms with Crippen molar-refractivity contribution in [1.29, 1.82) is 0 Å². The zero-order valence-electron chi connectivity index (χ0n) is 12.1. The van der Waals surface area contributed by atoms with Crippen molar-refractivity contribution in [2.24, 2.45) is 0 Å². The third-order valence-electron chi connectivity index (χ3n) is 3.94. The quantitative estimate of drug-likeness (QED) is 0.733. The van der Waals surface area contributed by atoms with Gasteiger partial charge in [-0.2, -0.15) is 0 Å². The first kappa shape index (κ1) is 13.8. The molecular weight excluding hydrogens is 256 g/mol. The summed E-state index contributed by atoms with van der Waals surface area (Å²) in [7, 11) is 0. The zero-order valence-corrected chi connectivity index (χ0v) is 12.1. The number of aliphatic hydroxyl groups is 1. The van der Waals surface area contributed by atoms with Crippen LogP contribution in [0.4, 0.5) is 0 Å². The first-order valence-corrected chi connectivity index (χ1v) is 7.51. The molecule has 0 aliphatic rings. The Kier molecular flexibility index (Phi) is 4.32. The Morgan fingerprint density at radius 2 is 1.48 bits per heavy atom. The summed E-state index contributed by atoms with van der Waals surface area (Å²) in [6, 6.07) is 25.0. The topological polar surface area (TPSA) is 20.2 Å². The summed E-state index contributed by atoms with van der Waals surface area (Å²) in [5.41, 5.74) is 2.52. The molecule has 3 aromatic rings. The standard InChI is InChI=1S/C20H20O/c21-19(14-13-16-7-2-1-3-8-16)15-18-11-6-10-17-9-4-5-12-20(17)18/h1-12,19,21H,13-15H2. The molecular formula is C20H20O. The van der Waals surface area contributed by atoms with Crippen molar-refractivity contribution < 1.29 is 5.11 Å². The van der Waals surface area contributed by atoms with Gasteiger partial charge >= 0.3 is 0 Å². The molecule has 21 heavy (non-hydrogen) atoms. The van der Waals surface area contributed by atoms with E-state index < -0.39 is 0 Å². The van der Waals surface area contributed by atoms with Gasteiger partial charge in [-0.05, 0) is 41.2 Å². The Bertz CT molecular complexity index is 698. The van der Waals surface area contributed by atoms with Gasteiger partial charge in [0.15, 0.2) is 0 Å². The minimum Gasteiger partial charge on any atom is -0.393 e. The lowest BCUT2D eigenvalue weighted by Gasteiger charge is -2.12. The van der Waals surface area contributed by atoms with Gasteiger partial charge in [0.25, 0.3) is 0 Å². The molecule has 0 heterocycles. The molecule has 3 aromatic carbocycles. The van der Waals surface area contributed by atoms with Crippen LogP contribution in [0, 0.1) is 0 Å². The van der Waals surface area contributed by atoms with E-state index >= 15 is 0 Å². The van der Waals surface area contributed by atoms with Gasteiger partial charge in [-0.25, -0.2) is 0 Å². The highest BCUT2D eigenvalue weighted by Gasteiger charge is 2.08. The van der Waals surface area contributed by atoms with E-state index in [1.54, 1.807) is 0 Å². The molecule has 3 rings (SSSR count). The van der Waals surface area contributed by atoms with E-state index in [0.717, 1.165) is 12.8 Å². The maximum absolute atomic E-state index is 10.3. The molecule has 0 aliphatic carbocycles. The number of aryl methyl sites for hydroxylation is 1. The molecule has 0 spiro atoms. The number of rotatable bonds is 5. The van der Waals surface area contributed by atoms with Gasteiger partial charge in [0.05, 0.1) is 6.10 Å². The van der Waals surface area contributed by atoms with Crippen molar-refractivity contribution in [3.05, 3.63) is 83.9 Å². The predicted molar refractivity (Wildman–Crippen MR) is 88.4 cm³/mol. The first-order chi connectivity index (χ1) is 10.3. The summed E-state index contributed by atoms with van der Waals surface area (Å²) in [6.07, 6.45) is 2.14.